The van der Waals surface area contributed by atoms with Gasteiger partial charge in [-0.2, -0.15) is 0 Å². The van der Waals surface area contributed by atoms with Gasteiger partial charge in [-0.25, -0.2) is 4.39 Å². The van der Waals surface area contributed by atoms with Crippen LogP contribution in [0.1, 0.15) is 33.1 Å². The Hall–Kier alpha value is -1.91. The van der Waals surface area contributed by atoms with Crippen LogP contribution in [0.25, 0.3) is 0 Å². The topological polar surface area (TPSA) is 49.4 Å². The fourth-order valence-electron chi connectivity index (χ4n) is 2.44. The predicted octanol–water partition coefficient (Wildman–Crippen LogP) is 2.80. The summed E-state index contributed by atoms with van der Waals surface area (Å²) in [7, 11) is 0. The first kappa shape index (κ1) is 15.5. The average molecular weight is 292 g/mol. The summed E-state index contributed by atoms with van der Waals surface area (Å²) < 4.78 is 13.1. The zero-order valence-electron chi connectivity index (χ0n) is 12.5. The van der Waals surface area contributed by atoms with Crippen molar-refractivity contribution >= 4 is 17.5 Å². The number of carbonyl (C=O) groups excluding carboxylic acids is 2. The Morgan fingerprint density at radius 3 is 2.48 bits per heavy atom. The maximum atomic E-state index is 13.1. The standard InChI is InChI=1S/C16H21FN2O2/c1-16(2,15(21)19-9-4-3-5-10-19)14(20)18-13-8-6-7-12(17)11-13/h6-8,11H,3-5,9-10H2,1-2H3,(H,18,20). The van der Waals surface area contributed by atoms with Gasteiger partial charge in [0.1, 0.15) is 11.2 Å². The molecule has 0 radical (unpaired) electrons. The van der Waals surface area contributed by atoms with Crippen LogP contribution in [0.2, 0.25) is 0 Å². The summed E-state index contributed by atoms with van der Waals surface area (Å²) >= 11 is 0. The molecule has 2 rings (SSSR count). The van der Waals surface area contributed by atoms with Gasteiger partial charge < -0.3 is 10.2 Å². The van der Waals surface area contributed by atoms with Crippen molar-refractivity contribution in [2.75, 3.05) is 18.4 Å². The van der Waals surface area contributed by atoms with E-state index in [1.807, 2.05) is 0 Å². The molecule has 5 heteroatoms. The number of carbonyl (C=O) groups is 2. The Balaban J connectivity index is 2.06. The van der Waals surface area contributed by atoms with Gasteiger partial charge in [-0.05, 0) is 51.3 Å². The Morgan fingerprint density at radius 2 is 1.86 bits per heavy atom. The second-order valence-corrected chi connectivity index (χ2v) is 5.94. The second kappa shape index (κ2) is 6.24. The van der Waals surface area contributed by atoms with Crippen LogP contribution in [0.5, 0.6) is 0 Å². The van der Waals surface area contributed by atoms with Crippen LogP contribution in [0.3, 0.4) is 0 Å². The molecule has 114 valence electrons. The largest absolute Gasteiger partial charge is 0.342 e. The zero-order chi connectivity index (χ0) is 15.5. The monoisotopic (exact) mass is 292 g/mol. The molecule has 1 fully saturated rings. The smallest absolute Gasteiger partial charge is 0.239 e. The molecule has 0 saturated carbocycles. The lowest BCUT2D eigenvalue weighted by Crippen LogP contribution is -2.48. The normalized spacial score (nSPS) is 15.7. The molecule has 1 aromatic carbocycles. The zero-order valence-corrected chi connectivity index (χ0v) is 12.5. The lowest BCUT2D eigenvalue weighted by molar-refractivity contribution is -0.147. The van der Waals surface area contributed by atoms with Gasteiger partial charge in [-0.1, -0.05) is 6.07 Å². The summed E-state index contributed by atoms with van der Waals surface area (Å²) in [5, 5.41) is 2.62. The molecule has 0 bridgehead atoms. The first-order chi connectivity index (χ1) is 9.91. The predicted molar refractivity (Wildman–Crippen MR) is 79.2 cm³/mol. The number of halogens is 1. The Labute approximate surface area is 124 Å². The van der Waals surface area contributed by atoms with Crippen molar-refractivity contribution < 1.29 is 14.0 Å². The van der Waals surface area contributed by atoms with E-state index in [1.165, 1.54) is 18.2 Å². The molecule has 0 aromatic heterocycles. The van der Waals surface area contributed by atoms with E-state index in [0.717, 1.165) is 19.3 Å². The van der Waals surface area contributed by atoms with E-state index in [2.05, 4.69) is 5.32 Å². The van der Waals surface area contributed by atoms with Crippen molar-refractivity contribution in [1.82, 2.24) is 4.90 Å². The van der Waals surface area contributed by atoms with Crippen LogP contribution in [0.4, 0.5) is 10.1 Å². The molecule has 21 heavy (non-hydrogen) atoms. The van der Waals surface area contributed by atoms with Crippen molar-refractivity contribution in [3.8, 4) is 0 Å². The molecule has 1 aromatic rings. The molecular weight excluding hydrogens is 271 g/mol. The van der Waals surface area contributed by atoms with E-state index in [0.29, 0.717) is 18.8 Å². The third-order valence-electron chi connectivity index (χ3n) is 3.83. The van der Waals surface area contributed by atoms with Crippen molar-refractivity contribution in [3.05, 3.63) is 30.1 Å². The number of hydrogen-bond acceptors (Lipinski definition) is 2. The summed E-state index contributed by atoms with van der Waals surface area (Å²) in [4.78, 5) is 26.6. The van der Waals surface area contributed by atoms with Crippen LogP contribution in [0.15, 0.2) is 24.3 Å². The molecule has 0 unspecified atom stereocenters. The van der Waals surface area contributed by atoms with Crippen molar-refractivity contribution in [3.63, 3.8) is 0 Å². The minimum absolute atomic E-state index is 0.170. The van der Waals surface area contributed by atoms with E-state index in [9.17, 15) is 14.0 Å². The van der Waals surface area contributed by atoms with Crippen LogP contribution < -0.4 is 5.32 Å². The molecule has 0 spiro atoms. The summed E-state index contributed by atoms with van der Waals surface area (Å²) in [5.41, 5.74) is -0.802. The van der Waals surface area contributed by atoms with Gasteiger partial charge in [0.15, 0.2) is 0 Å². The molecule has 0 aliphatic carbocycles. The number of amides is 2. The summed E-state index contributed by atoms with van der Waals surface area (Å²) in [6, 6.07) is 5.66. The van der Waals surface area contributed by atoms with Gasteiger partial charge in [-0.15, -0.1) is 0 Å². The minimum atomic E-state index is -1.16. The highest BCUT2D eigenvalue weighted by molar-refractivity contribution is 6.09. The van der Waals surface area contributed by atoms with Gasteiger partial charge in [0.05, 0.1) is 0 Å². The average Bonchev–Trinajstić information content (AvgIpc) is 2.47. The summed E-state index contributed by atoms with van der Waals surface area (Å²) in [6.45, 7) is 4.63. The lowest BCUT2D eigenvalue weighted by atomic mass is 9.89. The van der Waals surface area contributed by atoms with Crippen LogP contribution >= 0.6 is 0 Å². The Bertz CT molecular complexity index is 537. The van der Waals surface area contributed by atoms with Crippen molar-refractivity contribution in [2.45, 2.75) is 33.1 Å². The molecular formula is C16H21FN2O2. The van der Waals surface area contributed by atoms with Crippen molar-refractivity contribution in [1.29, 1.82) is 0 Å². The number of likely N-dealkylation sites (tertiary alicyclic amines) is 1. The lowest BCUT2D eigenvalue weighted by Gasteiger charge is -2.33. The highest BCUT2D eigenvalue weighted by atomic mass is 19.1. The number of rotatable bonds is 3. The third kappa shape index (κ3) is 3.60. The molecule has 1 aliphatic rings. The molecule has 1 saturated heterocycles. The van der Waals surface area contributed by atoms with Crippen LogP contribution in [-0.2, 0) is 9.59 Å². The molecule has 1 aliphatic heterocycles. The quantitative estimate of drug-likeness (QED) is 0.871. The first-order valence-electron chi connectivity index (χ1n) is 7.27. The molecule has 0 atom stereocenters. The van der Waals surface area contributed by atoms with Gasteiger partial charge >= 0.3 is 0 Å². The highest BCUT2D eigenvalue weighted by Crippen LogP contribution is 2.24. The maximum Gasteiger partial charge on any atom is 0.239 e. The van der Waals surface area contributed by atoms with E-state index >= 15 is 0 Å². The Morgan fingerprint density at radius 1 is 1.19 bits per heavy atom. The Kier molecular flexibility index (Phi) is 4.60. The second-order valence-electron chi connectivity index (χ2n) is 5.94. The van der Waals surface area contributed by atoms with E-state index in [4.69, 9.17) is 0 Å². The van der Waals surface area contributed by atoms with Gasteiger partial charge in [0, 0.05) is 18.8 Å². The van der Waals surface area contributed by atoms with Gasteiger partial charge in [0.25, 0.3) is 0 Å². The molecule has 1 heterocycles. The molecule has 4 nitrogen and oxygen atoms in total. The number of piperidine rings is 1. The first-order valence-corrected chi connectivity index (χ1v) is 7.27. The summed E-state index contributed by atoms with van der Waals surface area (Å²) in [5.74, 6) is -1.01. The van der Waals surface area contributed by atoms with Crippen LogP contribution in [-0.4, -0.2) is 29.8 Å². The number of hydrogen-bond donors (Lipinski definition) is 1. The fourth-order valence-corrected chi connectivity index (χ4v) is 2.44. The molecule has 2 amide bonds. The summed E-state index contributed by atoms with van der Waals surface area (Å²) in [6.07, 6.45) is 3.08. The minimum Gasteiger partial charge on any atom is -0.342 e. The maximum absolute atomic E-state index is 13.1. The van der Waals surface area contributed by atoms with Gasteiger partial charge in [0.2, 0.25) is 11.8 Å². The van der Waals surface area contributed by atoms with E-state index in [-0.39, 0.29) is 5.91 Å². The number of anilines is 1. The fraction of sp³-hybridized carbons (Fsp3) is 0.500. The number of benzene rings is 1. The third-order valence-corrected chi connectivity index (χ3v) is 3.83. The van der Waals surface area contributed by atoms with Crippen LogP contribution in [0, 0.1) is 11.2 Å². The molecule has 1 N–H and O–H groups in total. The SMILES string of the molecule is CC(C)(C(=O)Nc1cccc(F)c1)C(=O)N1CCCCC1. The van der Waals surface area contributed by atoms with Gasteiger partial charge in [-0.3, -0.25) is 9.59 Å². The number of nitrogens with zero attached hydrogens (tertiary/aromatic N) is 1. The van der Waals surface area contributed by atoms with Crippen molar-refractivity contribution in [2.24, 2.45) is 5.41 Å². The van der Waals surface area contributed by atoms with E-state index < -0.39 is 17.1 Å². The number of nitrogens with one attached hydrogen (secondary N) is 1. The van der Waals surface area contributed by atoms with E-state index in [1.54, 1.807) is 24.8 Å². The highest BCUT2D eigenvalue weighted by Gasteiger charge is 2.39.